The van der Waals surface area contributed by atoms with Gasteiger partial charge in [0.25, 0.3) is 5.56 Å². The zero-order valence-corrected chi connectivity index (χ0v) is 22.3. The van der Waals surface area contributed by atoms with Crippen LogP contribution in [0.25, 0.3) is 22.3 Å². The number of carbonyl (C=O) groups excluding carboxylic acids is 1. The number of halogens is 1. The van der Waals surface area contributed by atoms with Crippen LogP contribution >= 0.6 is 15.9 Å². The number of benzene rings is 3. The van der Waals surface area contributed by atoms with Crippen molar-refractivity contribution in [2.45, 2.75) is 26.9 Å². The van der Waals surface area contributed by atoms with Gasteiger partial charge in [-0.15, -0.1) is 0 Å². The molecule has 1 atom stereocenters. The van der Waals surface area contributed by atoms with Crippen molar-refractivity contribution in [3.05, 3.63) is 87.1 Å². The number of rotatable bonds is 9. The van der Waals surface area contributed by atoms with E-state index in [0.717, 1.165) is 5.56 Å². The Morgan fingerprint density at radius 2 is 1.78 bits per heavy atom. The minimum absolute atomic E-state index is 0.262. The number of hydrogen-bond donors (Lipinski definition) is 0. The van der Waals surface area contributed by atoms with Gasteiger partial charge in [-0.2, -0.15) is 9.78 Å². The Bertz CT molecular complexity index is 1500. The second-order valence-electron chi connectivity index (χ2n) is 7.95. The summed E-state index contributed by atoms with van der Waals surface area (Å²) >= 11 is 3.54. The first-order chi connectivity index (χ1) is 17.9. The van der Waals surface area contributed by atoms with Gasteiger partial charge in [0.15, 0.2) is 23.4 Å². The molecule has 0 fully saturated rings. The van der Waals surface area contributed by atoms with Crippen LogP contribution in [-0.2, 0) is 9.53 Å². The highest BCUT2D eigenvalue weighted by molar-refractivity contribution is 9.10. The Balaban J connectivity index is 1.77. The van der Waals surface area contributed by atoms with E-state index >= 15 is 0 Å². The lowest BCUT2D eigenvalue weighted by molar-refractivity contribution is -0.150. The molecule has 0 unspecified atom stereocenters. The predicted octanol–water partition coefficient (Wildman–Crippen LogP) is 5.44. The summed E-state index contributed by atoms with van der Waals surface area (Å²) in [4.78, 5) is 30.2. The average Bonchev–Trinajstić information content (AvgIpc) is 2.90. The maximum absolute atomic E-state index is 13.4. The second kappa shape index (κ2) is 11.8. The van der Waals surface area contributed by atoms with E-state index in [1.807, 2.05) is 43.3 Å². The first-order valence-corrected chi connectivity index (χ1v) is 12.6. The summed E-state index contributed by atoms with van der Waals surface area (Å²) in [5.74, 6) is 0.754. The summed E-state index contributed by atoms with van der Waals surface area (Å²) in [5.41, 5.74) is 1.70. The molecule has 37 heavy (non-hydrogen) atoms. The SMILES string of the molecule is CCOC(=O)[C@H](C)Oc1cc(Br)c(C=Nn2c(-c3ccccc3)nc3ccccc3c2=O)cc1OCC. The summed E-state index contributed by atoms with van der Waals surface area (Å²) in [5, 5.41) is 4.99. The van der Waals surface area contributed by atoms with Crippen LogP contribution in [0.15, 0.2) is 81.1 Å². The Kier molecular flexibility index (Phi) is 8.35. The fourth-order valence-corrected chi connectivity index (χ4v) is 4.06. The van der Waals surface area contributed by atoms with Crippen LogP contribution in [0.1, 0.15) is 26.3 Å². The van der Waals surface area contributed by atoms with Gasteiger partial charge in [0.1, 0.15) is 0 Å². The smallest absolute Gasteiger partial charge is 0.347 e. The molecule has 1 heterocycles. The Morgan fingerprint density at radius 1 is 1.05 bits per heavy atom. The van der Waals surface area contributed by atoms with Crippen LogP contribution in [0.2, 0.25) is 0 Å². The van der Waals surface area contributed by atoms with E-state index in [1.165, 1.54) is 4.68 Å². The molecular formula is C28H26BrN3O5. The van der Waals surface area contributed by atoms with Gasteiger partial charge in [0.05, 0.1) is 30.3 Å². The van der Waals surface area contributed by atoms with Gasteiger partial charge in [-0.25, -0.2) is 9.78 Å². The number of para-hydroxylation sites is 1. The van der Waals surface area contributed by atoms with Crippen molar-refractivity contribution in [2.75, 3.05) is 13.2 Å². The maximum Gasteiger partial charge on any atom is 0.347 e. The number of aromatic nitrogens is 2. The van der Waals surface area contributed by atoms with Gasteiger partial charge in [-0.3, -0.25) is 4.79 Å². The van der Waals surface area contributed by atoms with Gasteiger partial charge >= 0.3 is 5.97 Å². The van der Waals surface area contributed by atoms with Crippen LogP contribution in [-0.4, -0.2) is 41.2 Å². The third-order valence-electron chi connectivity index (χ3n) is 5.38. The van der Waals surface area contributed by atoms with Crippen LogP contribution in [0.5, 0.6) is 11.5 Å². The molecule has 0 amide bonds. The summed E-state index contributed by atoms with van der Waals surface area (Å²) < 4.78 is 18.5. The van der Waals surface area contributed by atoms with Crippen molar-refractivity contribution in [1.29, 1.82) is 0 Å². The minimum Gasteiger partial charge on any atom is -0.490 e. The standard InChI is InChI=1S/C28H26BrN3O5/c1-4-35-24-15-20(22(29)16-25(24)37-18(3)28(34)36-5-2)17-30-32-26(19-11-7-6-8-12-19)31-23-14-10-9-13-21(23)27(32)33/h6-18H,4-5H2,1-3H3/t18-/m0/s1. The summed E-state index contributed by atoms with van der Waals surface area (Å²) in [6.45, 7) is 5.84. The van der Waals surface area contributed by atoms with Crippen molar-refractivity contribution >= 4 is 39.0 Å². The lowest BCUT2D eigenvalue weighted by Gasteiger charge is -2.17. The molecular weight excluding hydrogens is 538 g/mol. The largest absolute Gasteiger partial charge is 0.490 e. The average molecular weight is 564 g/mol. The highest BCUT2D eigenvalue weighted by Gasteiger charge is 2.20. The predicted molar refractivity (Wildman–Crippen MR) is 146 cm³/mol. The zero-order valence-electron chi connectivity index (χ0n) is 20.7. The van der Waals surface area contributed by atoms with Crippen molar-refractivity contribution in [2.24, 2.45) is 5.10 Å². The summed E-state index contributed by atoms with van der Waals surface area (Å²) in [6.07, 6.45) is 0.733. The van der Waals surface area contributed by atoms with Crippen molar-refractivity contribution < 1.29 is 19.0 Å². The molecule has 8 nitrogen and oxygen atoms in total. The summed E-state index contributed by atoms with van der Waals surface area (Å²) in [7, 11) is 0. The maximum atomic E-state index is 13.4. The first kappa shape index (κ1) is 26.1. The lowest BCUT2D eigenvalue weighted by Crippen LogP contribution is -2.26. The molecule has 0 radical (unpaired) electrons. The molecule has 0 spiro atoms. The molecule has 190 valence electrons. The molecule has 0 N–H and O–H groups in total. The monoisotopic (exact) mass is 563 g/mol. The van der Waals surface area contributed by atoms with Gasteiger partial charge in [0, 0.05) is 15.6 Å². The van der Waals surface area contributed by atoms with Crippen LogP contribution < -0.4 is 15.0 Å². The number of carbonyl (C=O) groups is 1. The third-order valence-corrected chi connectivity index (χ3v) is 6.07. The van der Waals surface area contributed by atoms with E-state index in [1.54, 1.807) is 50.4 Å². The van der Waals surface area contributed by atoms with Gasteiger partial charge in [-0.1, -0.05) is 42.5 Å². The van der Waals surface area contributed by atoms with E-state index in [4.69, 9.17) is 19.2 Å². The number of esters is 1. The Morgan fingerprint density at radius 3 is 2.51 bits per heavy atom. The molecule has 4 rings (SSSR count). The van der Waals surface area contributed by atoms with Crippen LogP contribution in [0.4, 0.5) is 0 Å². The van der Waals surface area contributed by atoms with Gasteiger partial charge in [0.2, 0.25) is 0 Å². The van der Waals surface area contributed by atoms with E-state index in [2.05, 4.69) is 21.0 Å². The van der Waals surface area contributed by atoms with Crippen LogP contribution in [0, 0.1) is 0 Å². The molecule has 4 aromatic rings. The molecule has 0 saturated heterocycles. The second-order valence-corrected chi connectivity index (χ2v) is 8.80. The van der Waals surface area contributed by atoms with Gasteiger partial charge < -0.3 is 14.2 Å². The quantitative estimate of drug-likeness (QED) is 0.199. The highest BCUT2D eigenvalue weighted by Crippen LogP contribution is 2.34. The minimum atomic E-state index is -0.818. The molecule has 1 aromatic heterocycles. The van der Waals surface area contributed by atoms with Crippen molar-refractivity contribution in [3.8, 4) is 22.9 Å². The first-order valence-electron chi connectivity index (χ1n) is 11.8. The Labute approximate surface area is 222 Å². The molecule has 3 aromatic carbocycles. The number of fused-ring (bicyclic) bond motifs is 1. The van der Waals surface area contributed by atoms with Crippen LogP contribution in [0.3, 0.4) is 0 Å². The van der Waals surface area contributed by atoms with E-state index in [0.29, 0.717) is 44.9 Å². The fraction of sp³-hybridized carbons (Fsp3) is 0.214. The van der Waals surface area contributed by atoms with E-state index < -0.39 is 12.1 Å². The van der Waals surface area contributed by atoms with Crippen molar-refractivity contribution in [1.82, 2.24) is 9.66 Å². The zero-order chi connectivity index (χ0) is 26.4. The molecule has 0 saturated carbocycles. The third kappa shape index (κ3) is 5.89. The topological polar surface area (TPSA) is 92.0 Å². The van der Waals surface area contributed by atoms with Gasteiger partial charge in [-0.05, 0) is 61.0 Å². The fourth-order valence-electron chi connectivity index (χ4n) is 3.63. The molecule has 0 aliphatic carbocycles. The normalized spacial score (nSPS) is 12.0. The molecule has 0 aliphatic rings. The molecule has 0 aliphatic heterocycles. The highest BCUT2D eigenvalue weighted by atomic mass is 79.9. The van der Waals surface area contributed by atoms with E-state index in [9.17, 15) is 9.59 Å². The number of hydrogen-bond acceptors (Lipinski definition) is 7. The molecule has 9 heteroatoms. The number of nitrogens with zero attached hydrogens (tertiary/aromatic N) is 3. The number of ether oxygens (including phenoxy) is 3. The van der Waals surface area contributed by atoms with Crippen molar-refractivity contribution in [3.63, 3.8) is 0 Å². The molecule has 0 bridgehead atoms. The lowest BCUT2D eigenvalue weighted by atomic mass is 10.2. The Hall–Kier alpha value is -3.98. The summed E-state index contributed by atoms with van der Waals surface area (Å²) in [6, 6.07) is 20.0. The van der Waals surface area contributed by atoms with E-state index in [-0.39, 0.29) is 12.2 Å².